The highest BCUT2D eigenvalue weighted by molar-refractivity contribution is 7.90. The Labute approximate surface area is 89.8 Å². The predicted octanol–water partition coefficient (Wildman–Crippen LogP) is 0.630. The first-order valence-electron chi connectivity index (χ1n) is 4.60. The van der Waals surface area contributed by atoms with Crippen LogP contribution in [0.15, 0.2) is 12.3 Å². The second-order valence-corrected chi connectivity index (χ2v) is 5.94. The molecule has 6 heteroatoms. The van der Waals surface area contributed by atoms with E-state index in [4.69, 9.17) is 0 Å². The minimum absolute atomic E-state index is 0.0859. The first-order valence-corrected chi connectivity index (χ1v) is 6.66. The van der Waals surface area contributed by atoms with Gasteiger partial charge in [-0.25, -0.2) is 8.42 Å². The monoisotopic (exact) mass is 229 g/mol. The molecule has 1 rings (SSSR count). The van der Waals surface area contributed by atoms with Crippen molar-refractivity contribution in [1.29, 1.82) is 0 Å². The fraction of sp³-hybridized carbons (Fsp3) is 0.556. The molecule has 0 saturated carbocycles. The van der Waals surface area contributed by atoms with Crippen molar-refractivity contribution < 1.29 is 8.42 Å². The lowest BCUT2D eigenvalue weighted by Gasteiger charge is -2.12. The molecule has 0 aliphatic carbocycles. The van der Waals surface area contributed by atoms with Crippen molar-refractivity contribution >= 4 is 15.7 Å². The molecule has 1 aromatic heterocycles. The highest BCUT2D eigenvalue weighted by Crippen LogP contribution is 2.05. The summed E-state index contributed by atoms with van der Waals surface area (Å²) in [6, 6.07) is 1.65. The van der Waals surface area contributed by atoms with E-state index in [0.29, 0.717) is 5.82 Å². The van der Waals surface area contributed by atoms with Gasteiger partial charge in [0.05, 0.1) is 11.9 Å². The zero-order chi connectivity index (χ0) is 11.5. The van der Waals surface area contributed by atoms with Gasteiger partial charge in [0.15, 0.2) is 0 Å². The third-order valence-electron chi connectivity index (χ3n) is 1.74. The fourth-order valence-electron chi connectivity index (χ4n) is 1.28. The van der Waals surface area contributed by atoms with E-state index in [1.165, 1.54) is 6.26 Å². The van der Waals surface area contributed by atoms with E-state index in [1.807, 2.05) is 13.0 Å². The predicted molar refractivity (Wildman–Crippen MR) is 59.6 cm³/mol. The summed E-state index contributed by atoms with van der Waals surface area (Å²) in [5.74, 6) is 0.689. The number of nitrogens with one attached hydrogen (secondary N) is 1. The molecule has 1 heterocycles. The van der Waals surface area contributed by atoms with Gasteiger partial charge in [0, 0.05) is 12.3 Å². The summed E-state index contributed by atoms with van der Waals surface area (Å²) in [6.45, 7) is 3.70. The van der Waals surface area contributed by atoms with Crippen LogP contribution >= 0.6 is 0 Å². The number of hydrogen-bond acceptors (Lipinski definition) is 5. The first kappa shape index (κ1) is 11.9. The van der Waals surface area contributed by atoms with Crippen molar-refractivity contribution in [1.82, 2.24) is 10.2 Å². The third kappa shape index (κ3) is 4.73. The van der Waals surface area contributed by atoms with Gasteiger partial charge in [0.2, 0.25) is 0 Å². The topological polar surface area (TPSA) is 72.0 Å². The van der Waals surface area contributed by atoms with Crippen LogP contribution in [-0.4, -0.2) is 36.7 Å². The van der Waals surface area contributed by atoms with E-state index < -0.39 is 9.84 Å². The molecule has 1 unspecified atom stereocenters. The molecule has 0 aliphatic heterocycles. The zero-order valence-electron chi connectivity index (χ0n) is 9.06. The molecule has 1 aromatic rings. The molecule has 0 amide bonds. The van der Waals surface area contributed by atoms with E-state index in [9.17, 15) is 8.42 Å². The molecule has 0 bridgehead atoms. The van der Waals surface area contributed by atoms with Gasteiger partial charge in [-0.15, -0.1) is 5.10 Å². The lowest BCUT2D eigenvalue weighted by Crippen LogP contribution is -2.25. The maximum absolute atomic E-state index is 11.0. The van der Waals surface area contributed by atoms with Crippen LogP contribution in [0.25, 0.3) is 0 Å². The Morgan fingerprint density at radius 2 is 2.20 bits per heavy atom. The summed E-state index contributed by atoms with van der Waals surface area (Å²) in [6.07, 6.45) is 2.86. The molecule has 0 saturated heterocycles. The number of hydrogen-bond donors (Lipinski definition) is 1. The second-order valence-electron chi connectivity index (χ2n) is 3.76. The average molecular weight is 229 g/mol. The number of sulfone groups is 1. The van der Waals surface area contributed by atoms with Gasteiger partial charge in [0.1, 0.15) is 15.7 Å². The van der Waals surface area contributed by atoms with Crippen LogP contribution in [0, 0.1) is 6.92 Å². The molecule has 1 atom stereocenters. The highest BCUT2D eigenvalue weighted by atomic mass is 32.2. The number of nitrogens with zero attached hydrogens (tertiary/aromatic N) is 2. The van der Waals surface area contributed by atoms with Crippen LogP contribution in [0.5, 0.6) is 0 Å². The molecular weight excluding hydrogens is 214 g/mol. The molecule has 0 spiro atoms. The molecule has 0 aliphatic rings. The summed E-state index contributed by atoms with van der Waals surface area (Å²) >= 11 is 0. The SMILES string of the molecule is Cc1cnnc(NC(C)CS(C)(=O)=O)c1. The molecule has 15 heavy (non-hydrogen) atoms. The molecule has 1 N–H and O–H groups in total. The Balaban J connectivity index is 2.63. The van der Waals surface area contributed by atoms with E-state index in [2.05, 4.69) is 15.5 Å². The quantitative estimate of drug-likeness (QED) is 0.820. The maximum atomic E-state index is 11.0. The summed E-state index contributed by atoms with van der Waals surface area (Å²) in [7, 11) is -2.96. The summed E-state index contributed by atoms with van der Waals surface area (Å²) in [4.78, 5) is 0. The summed E-state index contributed by atoms with van der Waals surface area (Å²) in [5, 5.41) is 10.6. The Kier molecular flexibility index (Phi) is 3.62. The molecule has 0 fully saturated rings. The first-order chi connectivity index (χ1) is 6.87. The summed E-state index contributed by atoms with van der Waals surface area (Å²) < 4.78 is 22.0. The number of aromatic nitrogens is 2. The van der Waals surface area contributed by atoms with E-state index in [0.717, 1.165) is 5.56 Å². The lowest BCUT2D eigenvalue weighted by atomic mass is 10.3. The molecule has 0 radical (unpaired) electrons. The largest absolute Gasteiger partial charge is 0.365 e. The number of anilines is 1. The maximum Gasteiger partial charge on any atom is 0.149 e. The van der Waals surface area contributed by atoms with Crippen LogP contribution in [0.1, 0.15) is 12.5 Å². The van der Waals surface area contributed by atoms with E-state index in [-0.39, 0.29) is 11.8 Å². The minimum atomic E-state index is -2.96. The Bertz CT molecular complexity index is 431. The normalized spacial score (nSPS) is 13.5. The summed E-state index contributed by atoms with van der Waals surface area (Å²) in [5.41, 5.74) is 0.985. The average Bonchev–Trinajstić information content (AvgIpc) is 1.99. The number of aryl methyl sites for hydroxylation is 1. The van der Waals surface area contributed by atoms with Crippen LogP contribution in [0.3, 0.4) is 0 Å². The van der Waals surface area contributed by atoms with Crippen molar-refractivity contribution in [3.05, 3.63) is 17.8 Å². The number of rotatable bonds is 4. The van der Waals surface area contributed by atoms with Crippen LogP contribution in [-0.2, 0) is 9.84 Å². The highest BCUT2D eigenvalue weighted by Gasteiger charge is 2.10. The fourth-order valence-corrected chi connectivity index (χ4v) is 2.27. The minimum Gasteiger partial charge on any atom is -0.365 e. The van der Waals surface area contributed by atoms with Gasteiger partial charge in [-0.05, 0) is 25.5 Å². The Hall–Kier alpha value is -1.17. The Morgan fingerprint density at radius 1 is 1.53 bits per heavy atom. The molecule has 5 nitrogen and oxygen atoms in total. The molecule has 0 aromatic carbocycles. The second kappa shape index (κ2) is 4.57. The third-order valence-corrected chi connectivity index (χ3v) is 2.84. The standard InChI is InChI=1S/C9H15N3O2S/c1-7-4-9(12-10-5-7)11-8(2)6-15(3,13)14/h4-5,8H,6H2,1-3H3,(H,11,12). The van der Waals surface area contributed by atoms with Gasteiger partial charge in [-0.2, -0.15) is 5.10 Å². The van der Waals surface area contributed by atoms with Gasteiger partial charge in [0.25, 0.3) is 0 Å². The van der Waals surface area contributed by atoms with Crippen molar-refractivity contribution in [2.45, 2.75) is 19.9 Å². The Morgan fingerprint density at radius 3 is 2.73 bits per heavy atom. The zero-order valence-corrected chi connectivity index (χ0v) is 9.87. The smallest absolute Gasteiger partial charge is 0.149 e. The van der Waals surface area contributed by atoms with Gasteiger partial charge in [-0.1, -0.05) is 0 Å². The van der Waals surface area contributed by atoms with Crippen molar-refractivity contribution in [3.63, 3.8) is 0 Å². The van der Waals surface area contributed by atoms with Gasteiger partial charge >= 0.3 is 0 Å². The van der Waals surface area contributed by atoms with Crippen molar-refractivity contribution in [2.24, 2.45) is 0 Å². The van der Waals surface area contributed by atoms with E-state index in [1.54, 1.807) is 13.1 Å². The van der Waals surface area contributed by atoms with Crippen LogP contribution in [0.2, 0.25) is 0 Å². The van der Waals surface area contributed by atoms with Crippen molar-refractivity contribution in [2.75, 3.05) is 17.3 Å². The van der Waals surface area contributed by atoms with Crippen molar-refractivity contribution in [3.8, 4) is 0 Å². The lowest BCUT2D eigenvalue weighted by molar-refractivity contribution is 0.598. The van der Waals surface area contributed by atoms with Crippen LogP contribution in [0.4, 0.5) is 5.82 Å². The van der Waals surface area contributed by atoms with Crippen LogP contribution < -0.4 is 5.32 Å². The van der Waals surface area contributed by atoms with Gasteiger partial charge in [-0.3, -0.25) is 0 Å². The van der Waals surface area contributed by atoms with E-state index >= 15 is 0 Å². The molecular formula is C9H15N3O2S. The molecule has 84 valence electrons. The van der Waals surface area contributed by atoms with Gasteiger partial charge < -0.3 is 5.32 Å².